The molecule has 0 amide bonds. The number of nitrogens with one attached hydrogen (secondary N) is 1. The molecule has 0 bridgehead atoms. The Morgan fingerprint density at radius 2 is 2.33 bits per heavy atom. The molecule has 2 aliphatic heterocycles. The van der Waals surface area contributed by atoms with Gasteiger partial charge in [0.25, 0.3) is 0 Å². The van der Waals surface area contributed by atoms with Crippen LogP contribution in [-0.2, 0) is 11.3 Å². The van der Waals surface area contributed by atoms with Gasteiger partial charge in [-0.15, -0.1) is 0 Å². The van der Waals surface area contributed by atoms with E-state index in [1.54, 1.807) is 7.11 Å². The van der Waals surface area contributed by atoms with Gasteiger partial charge in [0.2, 0.25) is 0 Å². The highest BCUT2D eigenvalue weighted by atomic mass is 16.5. The van der Waals surface area contributed by atoms with Gasteiger partial charge in [-0.3, -0.25) is 0 Å². The zero-order valence-electron chi connectivity index (χ0n) is 11.3. The van der Waals surface area contributed by atoms with E-state index in [0.717, 1.165) is 26.2 Å². The zero-order valence-corrected chi connectivity index (χ0v) is 11.3. The minimum Gasteiger partial charge on any atom is -0.384 e. The van der Waals surface area contributed by atoms with E-state index in [9.17, 15) is 0 Å². The molecule has 18 heavy (non-hydrogen) atoms. The van der Waals surface area contributed by atoms with E-state index < -0.39 is 0 Å². The van der Waals surface area contributed by atoms with Crippen molar-refractivity contribution in [3.63, 3.8) is 0 Å². The van der Waals surface area contributed by atoms with Crippen LogP contribution in [0, 0.1) is 0 Å². The maximum atomic E-state index is 5.39. The molecule has 0 spiro atoms. The van der Waals surface area contributed by atoms with Gasteiger partial charge in [-0.05, 0) is 24.5 Å². The number of rotatable bonds is 2. The molecule has 0 radical (unpaired) electrons. The molecule has 1 N–H and O–H groups in total. The SMILES string of the molecule is COCC1CCN2c3c(cccc31)CNCC2C. The summed E-state index contributed by atoms with van der Waals surface area (Å²) >= 11 is 0. The van der Waals surface area contributed by atoms with Crippen LogP contribution in [0.15, 0.2) is 18.2 Å². The minimum absolute atomic E-state index is 0.562. The lowest BCUT2D eigenvalue weighted by atomic mass is 9.88. The first-order valence-electron chi connectivity index (χ1n) is 6.89. The van der Waals surface area contributed by atoms with Crippen molar-refractivity contribution in [2.75, 3.05) is 31.7 Å². The monoisotopic (exact) mass is 246 g/mol. The Balaban J connectivity index is 2.06. The van der Waals surface area contributed by atoms with E-state index in [1.165, 1.54) is 23.2 Å². The van der Waals surface area contributed by atoms with E-state index in [4.69, 9.17) is 4.74 Å². The Bertz CT molecular complexity index is 433. The van der Waals surface area contributed by atoms with Gasteiger partial charge in [-0.1, -0.05) is 18.2 Å². The number of ether oxygens (including phenoxy) is 1. The van der Waals surface area contributed by atoms with Crippen LogP contribution in [0.25, 0.3) is 0 Å². The molecular weight excluding hydrogens is 224 g/mol. The zero-order chi connectivity index (χ0) is 12.5. The van der Waals surface area contributed by atoms with Crippen molar-refractivity contribution in [1.29, 1.82) is 0 Å². The summed E-state index contributed by atoms with van der Waals surface area (Å²) in [5.41, 5.74) is 4.40. The minimum atomic E-state index is 0.562. The maximum Gasteiger partial charge on any atom is 0.0532 e. The molecule has 0 aromatic heterocycles. The summed E-state index contributed by atoms with van der Waals surface area (Å²) in [6, 6.07) is 7.31. The van der Waals surface area contributed by atoms with Crippen LogP contribution >= 0.6 is 0 Å². The van der Waals surface area contributed by atoms with E-state index in [-0.39, 0.29) is 0 Å². The first-order valence-corrected chi connectivity index (χ1v) is 6.89. The van der Waals surface area contributed by atoms with Gasteiger partial charge in [-0.2, -0.15) is 0 Å². The van der Waals surface area contributed by atoms with Crippen molar-refractivity contribution in [3.8, 4) is 0 Å². The second-order valence-electron chi connectivity index (χ2n) is 5.47. The fourth-order valence-electron chi connectivity index (χ4n) is 3.34. The van der Waals surface area contributed by atoms with Gasteiger partial charge in [0.15, 0.2) is 0 Å². The highest BCUT2D eigenvalue weighted by Crippen LogP contribution is 2.39. The number of methoxy groups -OCH3 is 1. The lowest BCUT2D eigenvalue weighted by Gasteiger charge is -2.39. The molecule has 0 saturated heterocycles. The largest absolute Gasteiger partial charge is 0.384 e. The van der Waals surface area contributed by atoms with Crippen LogP contribution < -0.4 is 10.2 Å². The Kier molecular flexibility index (Phi) is 3.27. The highest BCUT2D eigenvalue weighted by molar-refractivity contribution is 5.64. The Hall–Kier alpha value is -1.06. The number of hydrogen-bond acceptors (Lipinski definition) is 3. The van der Waals surface area contributed by atoms with Crippen molar-refractivity contribution in [2.45, 2.75) is 31.8 Å². The van der Waals surface area contributed by atoms with Crippen LogP contribution in [0.3, 0.4) is 0 Å². The van der Waals surface area contributed by atoms with E-state index in [0.29, 0.717) is 12.0 Å². The molecule has 2 heterocycles. The van der Waals surface area contributed by atoms with Crippen molar-refractivity contribution < 1.29 is 4.74 Å². The van der Waals surface area contributed by atoms with Crippen molar-refractivity contribution in [3.05, 3.63) is 29.3 Å². The lowest BCUT2D eigenvalue weighted by Crippen LogP contribution is -2.42. The Morgan fingerprint density at radius 1 is 1.44 bits per heavy atom. The summed E-state index contributed by atoms with van der Waals surface area (Å²) in [5, 5.41) is 3.55. The fraction of sp³-hybridized carbons (Fsp3) is 0.600. The number of hydrogen-bond donors (Lipinski definition) is 1. The normalized spacial score (nSPS) is 26.7. The van der Waals surface area contributed by atoms with E-state index in [2.05, 4.69) is 35.3 Å². The summed E-state index contributed by atoms with van der Waals surface area (Å²) in [6.45, 7) is 6.37. The molecule has 2 atom stereocenters. The Labute approximate surface area is 109 Å². The molecule has 98 valence electrons. The average molecular weight is 246 g/mol. The van der Waals surface area contributed by atoms with Crippen molar-refractivity contribution >= 4 is 5.69 Å². The first kappa shape index (κ1) is 12.0. The first-order chi connectivity index (χ1) is 8.81. The van der Waals surface area contributed by atoms with Crippen LogP contribution in [-0.4, -0.2) is 32.8 Å². The van der Waals surface area contributed by atoms with Crippen molar-refractivity contribution in [2.24, 2.45) is 0 Å². The fourth-order valence-corrected chi connectivity index (χ4v) is 3.34. The predicted octanol–water partition coefficient (Wildman–Crippen LogP) is 2.12. The van der Waals surface area contributed by atoms with Gasteiger partial charge in [0.1, 0.15) is 0 Å². The summed E-state index contributed by atoms with van der Waals surface area (Å²) in [4.78, 5) is 2.58. The summed E-state index contributed by atoms with van der Waals surface area (Å²) in [5.74, 6) is 0.562. The third-order valence-corrected chi connectivity index (χ3v) is 4.25. The number of benzene rings is 1. The van der Waals surface area contributed by atoms with Crippen LogP contribution in [0.1, 0.15) is 30.4 Å². The van der Waals surface area contributed by atoms with Crippen LogP contribution in [0.4, 0.5) is 5.69 Å². The predicted molar refractivity (Wildman–Crippen MR) is 74.2 cm³/mol. The Morgan fingerprint density at radius 3 is 3.17 bits per heavy atom. The number of nitrogens with zero attached hydrogens (tertiary/aromatic N) is 1. The quantitative estimate of drug-likeness (QED) is 0.865. The van der Waals surface area contributed by atoms with Gasteiger partial charge in [-0.25, -0.2) is 0 Å². The summed E-state index contributed by atoms with van der Waals surface area (Å²) in [6.07, 6.45) is 1.20. The molecule has 1 aromatic carbocycles. The molecule has 3 heteroatoms. The number of para-hydroxylation sites is 1. The second-order valence-corrected chi connectivity index (χ2v) is 5.47. The standard InChI is InChI=1S/C15H22N2O/c1-11-8-16-9-12-4-3-5-14-13(10-18-2)6-7-17(11)15(12)14/h3-5,11,13,16H,6-10H2,1-2H3. The topological polar surface area (TPSA) is 24.5 Å². The van der Waals surface area contributed by atoms with Crippen molar-refractivity contribution in [1.82, 2.24) is 5.32 Å². The molecular formula is C15H22N2O. The second kappa shape index (κ2) is 4.90. The summed E-state index contributed by atoms with van der Waals surface area (Å²) < 4.78 is 5.39. The van der Waals surface area contributed by atoms with E-state index in [1.807, 2.05) is 0 Å². The molecule has 0 saturated carbocycles. The highest BCUT2D eigenvalue weighted by Gasteiger charge is 2.30. The third kappa shape index (κ3) is 1.91. The molecule has 3 nitrogen and oxygen atoms in total. The smallest absolute Gasteiger partial charge is 0.0532 e. The molecule has 1 aromatic rings. The van der Waals surface area contributed by atoms with E-state index >= 15 is 0 Å². The average Bonchev–Trinajstić information content (AvgIpc) is 2.54. The molecule has 0 aliphatic carbocycles. The molecule has 2 unspecified atom stereocenters. The summed E-state index contributed by atoms with van der Waals surface area (Å²) in [7, 11) is 1.80. The van der Waals surface area contributed by atoms with Gasteiger partial charge in [0, 0.05) is 44.4 Å². The van der Waals surface area contributed by atoms with Gasteiger partial charge >= 0.3 is 0 Å². The van der Waals surface area contributed by atoms with Gasteiger partial charge < -0.3 is 15.0 Å². The molecule has 2 aliphatic rings. The van der Waals surface area contributed by atoms with Crippen LogP contribution in [0.2, 0.25) is 0 Å². The lowest BCUT2D eigenvalue weighted by molar-refractivity contribution is 0.174. The van der Waals surface area contributed by atoms with Crippen LogP contribution in [0.5, 0.6) is 0 Å². The molecule has 0 fully saturated rings. The number of anilines is 1. The third-order valence-electron chi connectivity index (χ3n) is 4.25. The van der Waals surface area contributed by atoms with Gasteiger partial charge in [0.05, 0.1) is 6.61 Å². The maximum absolute atomic E-state index is 5.39. The molecule has 3 rings (SSSR count).